The number of carboxylic acids is 1. The standard InChI is InChI=1S/C17H15BrN2O5S/c1-24-13-6-4-9(8-14(13)25-2)15(21)20-17(26)19-12-7-10(16(22)23)3-5-11(12)18/h3-8H,1-2H3,(H,22,23)(H2,19,20,21,26). The van der Waals surface area contributed by atoms with Gasteiger partial charge in [-0.05, 0) is 64.5 Å². The summed E-state index contributed by atoms with van der Waals surface area (Å²) >= 11 is 8.42. The Labute approximate surface area is 163 Å². The van der Waals surface area contributed by atoms with Crippen LogP contribution in [0, 0.1) is 0 Å². The van der Waals surface area contributed by atoms with Crippen LogP contribution >= 0.6 is 28.1 Å². The maximum atomic E-state index is 12.3. The maximum absolute atomic E-state index is 12.3. The van der Waals surface area contributed by atoms with E-state index in [-0.39, 0.29) is 10.7 Å². The van der Waals surface area contributed by atoms with Crippen LogP contribution in [0.15, 0.2) is 40.9 Å². The van der Waals surface area contributed by atoms with E-state index < -0.39 is 11.9 Å². The topological polar surface area (TPSA) is 96.9 Å². The minimum absolute atomic E-state index is 0.0213. The second-order valence-electron chi connectivity index (χ2n) is 4.98. The van der Waals surface area contributed by atoms with Crippen LogP contribution in [0.1, 0.15) is 20.7 Å². The van der Waals surface area contributed by atoms with Gasteiger partial charge in [-0.1, -0.05) is 0 Å². The first kappa shape index (κ1) is 19.7. The van der Waals surface area contributed by atoms with Crippen molar-refractivity contribution in [1.29, 1.82) is 0 Å². The highest BCUT2D eigenvalue weighted by Gasteiger charge is 2.13. The van der Waals surface area contributed by atoms with E-state index in [4.69, 9.17) is 26.8 Å². The van der Waals surface area contributed by atoms with Crippen molar-refractivity contribution < 1.29 is 24.2 Å². The molecule has 3 N–H and O–H groups in total. The molecule has 0 aromatic heterocycles. The van der Waals surface area contributed by atoms with Gasteiger partial charge in [-0.15, -0.1) is 0 Å². The molecule has 0 unspecified atom stereocenters. The quantitative estimate of drug-likeness (QED) is 0.616. The van der Waals surface area contributed by atoms with Crippen LogP contribution < -0.4 is 20.1 Å². The molecule has 0 bridgehead atoms. The van der Waals surface area contributed by atoms with Gasteiger partial charge < -0.3 is 19.9 Å². The summed E-state index contributed by atoms with van der Waals surface area (Å²) in [6.07, 6.45) is 0. The molecule has 136 valence electrons. The molecule has 0 aliphatic heterocycles. The molecule has 0 saturated heterocycles. The van der Waals surface area contributed by atoms with Gasteiger partial charge in [0.05, 0.1) is 25.5 Å². The van der Waals surface area contributed by atoms with Gasteiger partial charge in [0.25, 0.3) is 5.91 Å². The number of halogens is 1. The largest absolute Gasteiger partial charge is 0.493 e. The Morgan fingerprint density at radius 1 is 1.04 bits per heavy atom. The van der Waals surface area contributed by atoms with E-state index in [1.165, 1.54) is 32.4 Å². The highest BCUT2D eigenvalue weighted by Crippen LogP contribution is 2.27. The molecule has 0 aliphatic rings. The molecule has 26 heavy (non-hydrogen) atoms. The Kier molecular flexibility index (Phi) is 6.53. The van der Waals surface area contributed by atoms with Crippen molar-refractivity contribution in [2.24, 2.45) is 0 Å². The van der Waals surface area contributed by atoms with Gasteiger partial charge in [0.15, 0.2) is 16.6 Å². The van der Waals surface area contributed by atoms with Crippen LogP contribution in [-0.2, 0) is 0 Å². The first-order valence-electron chi connectivity index (χ1n) is 7.23. The fraction of sp³-hybridized carbons (Fsp3) is 0.118. The molecule has 9 heteroatoms. The van der Waals surface area contributed by atoms with E-state index in [0.29, 0.717) is 27.2 Å². The minimum atomic E-state index is -1.07. The average molecular weight is 439 g/mol. The molecule has 2 aromatic carbocycles. The summed E-state index contributed by atoms with van der Waals surface area (Å²) in [5.74, 6) is -0.607. The highest BCUT2D eigenvalue weighted by molar-refractivity contribution is 9.10. The number of carboxylic acid groups (broad SMARTS) is 1. The molecule has 7 nitrogen and oxygen atoms in total. The second kappa shape index (κ2) is 8.63. The second-order valence-corrected chi connectivity index (χ2v) is 6.24. The van der Waals surface area contributed by atoms with E-state index in [1.54, 1.807) is 18.2 Å². The lowest BCUT2D eigenvalue weighted by molar-refractivity contribution is 0.0696. The number of methoxy groups -OCH3 is 2. The predicted molar refractivity (Wildman–Crippen MR) is 104 cm³/mol. The van der Waals surface area contributed by atoms with Crippen LogP contribution in [0.2, 0.25) is 0 Å². The zero-order valence-corrected chi connectivity index (χ0v) is 16.2. The fourth-order valence-electron chi connectivity index (χ4n) is 2.06. The molecular formula is C17H15BrN2O5S. The number of hydrogen-bond acceptors (Lipinski definition) is 5. The van der Waals surface area contributed by atoms with Crippen molar-refractivity contribution in [3.8, 4) is 11.5 Å². The molecule has 0 saturated carbocycles. The van der Waals surface area contributed by atoms with Crippen molar-refractivity contribution in [2.75, 3.05) is 19.5 Å². The Bertz CT molecular complexity index is 872. The SMILES string of the molecule is COc1ccc(C(=O)NC(=S)Nc2cc(C(=O)O)ccc2Br)cc1OC. The molecule has 0 spiro atoms. The lowest BCUT2D eigenvalue weighted by Crippen LogP contribution is -2.34. The van der Waals surface area contributed by atoms with Gasteiger partial charge in [0.2, 0.25) is 0 Å². The van der Waals surface area contributed by atoms with Crippen molar-refractivity contribution in [3.05, 3.63) is 52.0 Å². The number of aromatic carboxylic acids is 1. The summed E-state index contributed by atoms with van der Waals surface area (Å²) in [5.41, 5.74) is 0.831. The van der Waals surface area contributed by atoms with Crippen LogP contribution in [-0.4, -0.2) is 36.3 Å². The number of thiocarbonyl (C=S) groups is 1. The summed E-state index contributed by atoms with van der Waals surface area (Å²) in [4.78, 5) is 23.4. The number of carbonyl (C=O) groups is 2. The van der Waals surface area contributed by atoms with E-state index in [2.05, 4.69) is 26.6 Å². The molecule has 0 aliphatic carbocycles. The molecule has 0 fully saturated rings. The smallest absolute Gasteiger partial charge is 0.335 e. The summed E-state index contributed by atoms with van der Waals surface area (Å²) < 4.78 is 10.9. The number of amides is 1. The number of benzene rings is 2. The summed E-state index contributed by atoms with van der Waals surface area (Å²) in [7, 11) is 2.97. The highest BCUT2D eigenvalue weighted by atomic mass is 79.9. The monoisotopic (exact) mass is 438 g/mol. The van der Waals surface area contributed by atoms with Gasteiger partial charge in [-0.25, -0.2) is 4.79 Å². The number of ether oxygens (including phenoxy) is 2. The number of nitrogens with one attached hydrogen (secondary N) is 2. The normalized spacial score (nSPS) is 9.96. The van der Waals surface area contributed by atoms with Gasteiger partial charge in [0, 0.05) is 10.0 Å². The van der Waals surface area contributed by atoms with E-state index >= 15 is 0 Å². The van der Waals surface area contributed by atoms with E-state index in [9.17, 15) is 9.59 Å². The summed E-state index contributed by atoms with van der Waals surface area (Å²) in [6.45, 7) is 0. The Morgan fingerprint density at radius 2 is 1.69 bits per heavy atom. The molecule has 0 heterocycles. The summed E-state index contributed by atoms with van der Waals surface area (Å²) in [5, 5.41) is 14.4. The summed E-state index contributed by atoms with van der Waals surface area (Å²) in [6, 6.07) is 9.13. The lowest BCUT2D eigenvalue weighted by atomic mass is 10.2. The Hall–Kier alpha value is -2.65. The molecule has 2 aromatic rings. The van der Waals surface area contributed by atoms with Gasteiger partial charge >= 0.3 is 5.97 Å². The van der Waals surface area contributed by atoms with E-state index in [1.807, 2.05) is 0 Å². The average Bonchev–Trinajstić information content (AvgIpc) is 2.62. The van der Waals surface area contributed by atoms with Crippen LogP contribution in [0.3, 0.4) is 0 Å². The molecule has 2 rings (SSSR count). The minimum Gasteiger partial charge on any atom is -0.493 e. The van der Waals surface area contributed by atoms with Gasteiger partial charge in [-0.3, -0.25) is 10.1 Å². The maximum Gasteiger partial charge on any atom is 0.335 e. The molecule has 0 radical (unpaired) electrons. The van der Waals surface area contributed by atoms with Crippen molar-refractivity contribution in [2.45, 2.75) is 0 Å². The third-order valence-electron chi connectivity index (χ3n) is 3.33. The molecular weight excluding hydrogens is 424 g/mol. The van der Waals surface area contributed by atoms with Gasteiger partial charge in [0.1, 0.15) is 0 Å². The van der Waals surface area contributed by atoms with Crippen LogP contribution in [0.25, 0.3) is 0 Å². The van der Waals surface area contributed by atoms with Crippen LogP contribution in [0.5, 0.6) is 11.5 Å². The van der Waals surface area contributed by atoms with Crippen LogP contribution in [0.4, 0.5) is 5.69 Å². The number of anilines is 1. The van der Waals surface area contributed by atoms with Crippen molar-refractivity contribution in [3.63, 3.8) is 0 Å². The number of rotatable bonds is 5. The first-order valence-corrected chi connectivity index (χ1v) is 8.43. The third-order valence-corrected chi connectivity index (χ3v) is 4.23. The van der Waals surface area contributed by atoms with Crippen molar-refractivity contribution >= 4 is 50.8 Å². The fourth-order valence-corrected chi connectivity index (χ4v) is 2.61. The number of carbonyl (C=O) groups excluding carboxylic acids is 1. The molecule has 1 amide bonds. The molecule has 0 atom stereocenters. The predicted octanol–water partition coefficient (Wildman–Crippen LogP) is 3.29. The van der Waals surface area contributed by atoms with E-state index in [0.717, 1.165) is 0 Å². The zero-order chi connectivity index (χ0) is 19.3. The number of hydrogen-bond donors (Lipinski definition) is 3. The Morgan fingerprint density at radius 3 is 2.31 bits per heavy atom. The lowest BCUT2D eigenvalue weighted by Gasteiger charge is -2.13. The third kappa shape index (κ3) is 4.70. The van der Waals surface area contributed by atoms with Crippen molar-refractivity contribution in [1.82, 2.24) is 5.32 Å². The first-order chi connectivity index (χ1) is 12.3. The zero-order valence-electron chi connectivity index (χ0n) is 13.8. The van der Waals surface area contributed by atoms with Gasteiger partial charge in [-0.2, -0.15) is 0 Å². The Balaban J connectivity index is 2.12.